The van der Waals surface area contributed by atoms with Crippen molar-refractivity contribution in [2.45, 2.75) is 51.6 Å². The molecule has 6 nitrogen and oxygen atoms in total. The Morgan fingerprint density at radius 3 is 2.37 bits per heavy atom. The molecule has 1 aliphatic rings. The molecular weight excluding hydrogens is 380 g/mol. The second kappa shape index (κ2) is 8.61. The van der Waals surface area contributed by atoms with Crippen LogP contribution in [0.5, 0.6) is 0 Å². The largest absolute Gasteiger partial charge is 0.467 e. The molecule has 0 radical (unpaired) electrons. The Hall–Kier alpha value is -3.28. The molecular formula is C24H26N2O4. The van der Waals surface area contributed by atoms with Crippen LogP contribution in [0, 0.1) is 13.8 Å². The summed E-state index contributed by atoms with van der Waals surface area (Å²) in [6.07, 6.45) is 7.07. The predicted molar refractivity (Wildman–Crippen MR) is 113 cm³/mol. The molecule has 1 fully saturated rings. The lowest BCUT2D eigenvalue weighted by Crippen LogP contribution is -2.46. The third-order valence-corrected chi connectivity index (χ3v) is 5.74. The van der Waals surface area contributed by atoms with Gasteiger partial charge in [-0.05, 0) is 74.2 Å². The standard InChI is InChI=1S/C24H26N2O4/c1-16-11-12-19(15-17(16)2)26(24(28)21-10-6-14-30-21)22(20-9-5-13-29-20)23(27)25-18-7-3-4-8-18/h5-6,9-15,18,22H,3-4,7-8H2,1-2H3,(H,25,27)/t22-/m0/s1. The van der Waals surface area contributed by atoms with Crippen molar-refractivity contribution >= 4 is 17.5 Å². The first-order valence-electron chi connectivity index (χ1n) is 10.3. The Kier molecular flexibility index (Phi) is 5.74. The zero-order valence-corrected chi connectivity index (χ0v) is 17.3. The van der Waals surface area contributed by atoms with Crippen LogP contribution in [-0.2, 0) is 4.79 Å². The molecule has 2 heterocycles. The first-order chi connectivity index (χ1) is 14.5. The summed E-state index contributed by atoms with van der Waals surface area (Å²) < 4.78 is 11.0. The van der Waals surface area contributed by atoms with Gasteiger partial charge in [-0.2, -0.15) is 0 Å². The second-order valence-electron chi connectivity index (χ2n) is 7.83. The minimum Gasteiger partial charge on any atom is -0.467 e. The molecule has 1 saturated carbocycles. The van der Waals surface area contributed by atoms with Crippen molar-refractivity contribution in [3.8, 4) is 0 Å². The number of nitrogens with zero attached hydrogens (tertiary/aromatic N) is 1. The molecule has 30 heavy (non-hydrogen) atoms. The van der Waals surface area contributed by atoms with E-state index in [-0.39, 0.29) is 17.7 Å². The molecule has 0 bridgehead atoms. The molecule has 1 aromatic carbocycles. The maximum atomic E-state index is 13.5. The number of anilines is 1. The van der Waals surface area contributed by atoms with Crippen molar-refractivity contribution in [2.24, 2.45) is 0 Å². The Bertz CT molecular complexity index is 1000. The van der Waals surface area contributed by atoms with Crippen LogP contribution in [0.25, 0.3) is 0 Å². The number of nitrogens with one attached hydrogen (secondary N) is 1. The lowest BCUT2D eigenvalue weighted by atomic mass is 10.1. The van der Waals surface area contributed by atoms with Crippen molar-refractivity contribution in [3.05, 3.63) is 77.6 Å². The third-order valence-electron chi connectivity index (χ3n) is 5.74. The van der Waals surface area contributed by atoms with Crippen LogP contribution in [0.4, 0.5) is 5.69 Å². The van der Waals surface area contributed by atoms with Gasteiger partial charge >= 0.3 is 0 Å². The topological polar surface area (TPSA) is 75.7 Å². The van der Waals surface area contributed by atoms with Crippen LogP contribution in [0.1, 0.15) is 59.2 Å². The summed E-state index contributed by atoms with van der Waals surface area (Å²) in [5, 5.41) is 3.12. The number of carbonyl (C=O) groups is 2. The molecule has 2 aromatic heterocycles. The van der Waals surface area contributed by atoms with Gasteiger partial charge in [0.2, 0.25) is 0 Å². The number of carbonyl (C=O) groups excluding carboxylic acids is 2. The molecule has 1 aliphatic carbocycles. The molecule has 6 heteroatoms. The summed E-state index contributed by atoms with van der Waals surface area (Å²) in [6.45, 7) is 3.99. The summed E-state index contributed by atoms with van der Waals surface area (Å²) in [4.78, 5) is 28.4. The number of amides is 2. The van der Waals surface area contributed by atoms with Crippen LogP contribution >= 0.6 is 0 Å². The molecule has 2 amide bonds. The van der Waals surface area contributed by atoms with E-state index in [1.165, 1.54) is 17.4 Å². The van der Waals surface area contributed by atoms with E-state index in [9.17, 15) is 9.59 Å². The highest BCUT2D eigenvalue weighted by molar-refractivity contribution is 6.08. The van der Waals surface area contributed by atoms with E-state index in [0.717, 1.165) is 36.8 Å². The first-order valence-corrected chi connectivity index (χ1v) is 10.3. The number of benzene rings is 1. The van der Waals surface area contributed by atoms with Gasteiger partial charge in [-0.15, -0.1) is 0 Å². The number of rotatable bonds is 6. The van der Waals surface area contributed by atoms with Gasteiger partial charge in [0, 0.05) is 11.7 Å². The summed E-state index contributed by atoms with van der Waals surface area (Å²) in [7, 11) is 0. The van der Waals surface area contributed by atoms with Crippen molar-refractivity contribution in [1.29, 1.82) is 0 Å². The van der Waals surface area contributed by atoms with Gasteiger partial charge in [-0.25, -0.2) is 0 Å². The zero-order valence-electron chi connectivity index (χ0n) is 17.3. The Labute approximate surface area is 175 Å². The van der Waals surface area contributed by atoms with Crippen LogP contribution in [0.15, 0.2) is 63.8 Å². The molecule has 1 N–H and O–H groups in total. The van der Waals surface area contributed by atoms with Crippen LogP contribution < -0.4 is 10.2 Å². The fourth-order valence-corrected chi connectivity index (χ4v) is 3.95. The summed E-state index contributed by atoms with van der Waals surface area (Å²) in [5.74, 6) is -0.0803. The number of hydrogen-bond acceptors (Lipinski definition) is 4. The molecule has 0 saturated heterocycles. The highest BCUT2D eigenvalue weighted by Crippen LogP contribution is 2.32. The monoisotopic (exact) mass is 406 g/mol. The maximum absolute atomic E-state index is 13.5. The van der Waals surface area contributed by atoms with Gasteiger partial charge in [0.1, 0.15) is 5.76 Å². The molecule has 0 spiro atoms. The molecule has 3 aromatic rings. The summed E-state index contributed by atoms with van der Waals surface area (Å²) in [6, 6.07) is 11.6. The highest BCUT2D eigenvalue weighted by atomic mass is 16.3. The molecule has 156 valence electrons. The number of aryl methyl sites for hydroxylation is 2. The summed E-state index contributed by atoms with van der Waals surface area (Å²) in [5.41, 5.74) is 2.75. The molecule has 0 unspecified atom stereocenters. The average Bonchev–Trinajstić information content (AvgIpc) is 3.50. The minimum atomic E-state index is -0.944. The van der Waals surface area contributed by atoms with Gasteiger partial charge in [-0.1, -0.05) is 18.9 Å². The molecule has 0 aliphatic heterocycles. The average molecular weight is 406 g/mol. The smallest absolute Gasteiger partial charge is 0.295 e. The predicted octanol–water partition coefficient (Wildman–Crippen LogP) is 4.94. The van der Waals surface area contributed by atoms with Crippen LogP contribution in [-0.4, -0.2) is 17.9 Å². The summed E-state index contributed by atoms with van der Waals surface area (Å²) >= 11 is 0. The number of hydrogen-bond donors (Lipinski definition) is 1. The Morgan fingerprint density at radius 2 is 1.73 bits per heavy atom. The SMILES string of the molecule is Cc1ccc(N(C(=O)c2ccco2)[C@H](C(=O)NC2CCCC2)c2ccco2)cc1C. The van der Waals surface area contributed by atoms with Crippen molar-refractivity contribution in [2.75, 3.05) is 4.90 Å². The second-order valence-corrected chi connectivity index (χ2v) is 7.83. The van der Waals surface area contributed by atoms with E-state index in [2.05, 4.69) is 5.32 Å². The Balaban J connectivity index is 1.78. The van der Waals surface area contributed by atoms with Crippen LogP contribution in [0.2, 0.25) is 0 Å². The highest BCUT2D eigenvalue weighted by Gasteiger charge is 2.37. The normalized spacial score (nSPS) is 15.1. The van der Waals surface area contributed by atoms with E-state index < -0.39 is 11.9 Å². The quantitative estimate of drug-likeness (QED) is 0.629. The lowest BCUT2D eigenvalue weighted by Gasteiger charge is -2.30. The fourth-order valence-electron chi connectivity index (χ4n) is 3.95. The van der Waals surface area contributed by atoms with Gasteiger partial charge in [0.05, 0.1) is 12.5 Å². The van der Waals surface area contributed by atoms with Gasteiger partial charge in [-0.3, -0.25) is 14.5 Å². The Morgan fingerprint density at radius 1 is 1.00 bits per heavy atom. The van der Waals surface area contributed by atoms with Crippen molar-refractivity contribution in [1.82, 2.24) is 5.32 Å². The van der Waals surface area contributed by atoms with Crippen molar-refractivity contribution < 1.29 is 18.4 Å². The van der Waals surface area contributed by atoms with Gasteiger partial charge < -0.3 is 14.2 Å². The van der Waals surface area contributed by atoms with E-state index >= 15 is 0 Å². The lowest BCUT2D eigenvalue weighted by molar-refractivity contribution is -0.123. The van der Waals surface area contributed by atoms with E-state index in [1.807, 2.05) is 32.0 Å². The van der Waals surface area contributed by atoms with Gasteiger partial charge in [0.15, 0.2) is 11.8 Å². The zero-order chi connectivity index (χ0) is 21.1. The third kappa shape index (κ3) is 4.03. The minimum absolute atomic E-state index is 0.121. The van der Waals surface area contributed by atoms with E-state index in [4.69, 9.17) is 8.83 Å². The molecule has 4 rings (SSSR count). The first kappa shape index (κ1) is 20.0. The fraction of sp³-hybridized carbons (Fsp3) is 0.333. The van der Waals surface area contributed by atoms with Crippen LogP contribution in [0.3, 0.4) is 0 Å². The maximum Gasteiger partial charge on any atom is 0.295 e. The molecule has 1 atom stereocenters. The van der Waals surface area contributed by atoms with Gasteiger partial charge in [0.25, 0.3) is 11.8 Å². The van der Waals surface area contributed by atoms with Crippen molar-refractivity contribution in [3.63, 3.8) is 0 Å². The van der Waals surface area contributed by atoms with E-state index in [0.29, 0.717) is 11.4 Å². The van der Waals surface area contributed by atoms with E-state index in [1.54, 1.807) is 24.3 Å². The number of furan rings is 2.